The second-order valence-corrected chi connectivity index (χ2v) is 20.8. The molecule has 7 amide bonds. The number of nitrogens with zero attached hydrogens (tertiary/aromatic N) is 3. The summed E-state index contributed by atoms with van der Waals surface area (Å²) in [6.07, 6.45) is 3.73. The summed E-state index contributed by atoms with van der Waals surface area (Å²) in [6, 6.07) is 4.07. The van der Waals surface area contributed by atoms with Gasteiger partial charge in [0, 0.05) is 25.3 Å². The third-order valence-corrected chi connectivity index (χ3v) is 12.4. The van der Waals surface area contributed by atoms with Crippen LogP contribution in [0.3, 0.4) is 0 Å². The van der Waals surface area contributed by atoms with Crippen LogP contribution in [0.25, 0.3) is 0 Å². The van der Waals surface area contributed by atoms with Crippen molar-refractivity contribution in [3.8, 4) is 0 Å². The van der Waals surface area contributed by atoms with Gasteiger partial charge in [-0.1, -0.05) is 38.0 Å². The number of benzene rings is 1. The Morgan fingerprint density at radius 2 is 1.61 bits per heavy atom. The molecule has 1 fully saturated rings. The van der Waals surface area contributed by atoms with Crippen molar-refractivity contribution in [2.24, 2.45) is 35.1 Å². The molecule has 2 aliphatic rings. The predicted molar refractivity (Wildman–Crippen MR) is 258 cm³/mol. The van der Waals surface area contributed by atoms with E-state index in [9.17, 15) is 28.8 Å². The molecule has 6 atom stereocenters. The summed E-state index contributed by atoms with van der Waals surface area (Å²) in [6.45, 7) is 16.2. The second kappa shape index (κ2) is 24.9. The van der Waals surface area contributed by atoms with Gasteiger partial charge >= 0.3 is 22.9 Å². The van der Waals surface area contributed by atoms with E-state index in [0.717, 1.165) is 37.1 Å². The normalized spacial score (nSPS) is 18.1. The molecular formula is C44H71BIN11O9. The molecule has 0 spiro atoms. The minimum absolute atomic E-state index is 0.0360. The molecule has 0 radical (unpaired) electrons. The highest BCUT2D eigenvalue weighted by molar-refractivity contribution is 14.1. The van der Waals surface area contributed by atoms with E-state index >= 15 is 0 Å². The Bertz CT molecular complexity index is 1960. The molecule has 22 heteroatoms. The zero-order valence-electron chi connectivity index (χ0n) is 39.7. The van der Waals surface area contributed by atoms with E-state index in [1.54, 1.807) is 45.0 Å². The van der Waals surface area contributed by atoms with Gasteiger partial charge in [-0.2, -0.15) is 0 Å². The topological polar surface area (TPSA) is 285 Å². The lowest BCUT2D eigenvalue weighted by molar-refractivity contribution is -0.132. The number of aromatic nitrogens is 3. The number of rotatable bonds is 24. The molecule has 366 valence electrons. The predicted octanol–water partition coefficient (Wildman–Crippen LogP) is 4.24. The number of hydrogen-bond donors (Lipinski definition) is 8. The SMILES string of the molecule is CB(I)NC(=O)OCc1ccc(NC(=O)[C@H](CCCNC(N)=O)NC(=O)C(NC(=O)CCC(C)(C)OCCC(C)(C)n2nnc3c2CCC2C(CC3)C2COC(=O)NC(C)N)C(C)C)cc1. The zero-order valence-corrected chi connectivity index (χ0v) is 41.8. The lowest BCUT2D eigenvalue weighted by Crippen LogP contribution is -2.54. The van der Waals surface area contributed by atoms with Crippen LogP contribution in [0.15, 0.2) is 24.3 Å². The highest BCUT2D eigenvalue weighted by atomic mass is 127. The van der Waals surface area contributed by atoms with E-state index in [1.807, 2.05) is 47.7 Å². The number of fused-ring (bicyclic) bond motifs is 2. The molecule has 0 saturated heterocycles. The number of aryl methyl sites for hydroxylation is 1. The van der Waals surface area contributed by atoms with Crippen LogP contribution in [0.4, 0.5) is 20.1 Å². The molecular weight excluding hydrogens is 964 g/mol. The highest BCUT2D eigenvalue weighted by Gasteiger charge is 2.50. The molecule has 2 aromatic rings. The fraction of sp³-hybridized carbons (Fsp3) is 0.682. The van der Waals surface area contributed by atoms with Crippen molar-refractivity contribution in [2.45, 2.75) is 149 Å². The number of anilines is 1. The van der Waals surface area contributed by atoms with E-state index in [-0.39, 0.29) is 42.5 Å². The third-order valence-electron chi connectivity index (χ3n) is 12.0. The number of ether oxygens (including phenoxy) is 3. The van der Waals surface area contributed by atoms with Crippen LogP contribution in [0.2, 0.25) is 6.82 Å². The molecule has 2 aliphatic carbocycles. The quantitative estimate of drug-likeness (QED) is 0.0317. The van der Waals surface area contributed by atoms with Crippen LogP contribution in [0, 0.1) is 23.7 Å². The summed E-state index contributed by atoms with van der Waals surface area (Å²) in [5.74, 6) is -0.341. The van der Waals surface area contributed by atoms with Gasteiger partial charge in [-0.25, -0.2) is 19.1 Å². The number of alkyl carbamates (subject to hydrolysis) is 1. The third kappa shape index (κ3) is 17.5. The summed E-state index contributed by atoms with van der Waals surface area (Å²) in [4.78, 5) is 75.8. The van der Waals surface area contributed by atoms with E-state index in [1.165, 1.54) is 0 Å². The molecule has 4 rings (SSSR count). The number of nitrogens with one attached hydrogen (secondary N) is 6. The van der Waals surface area contributed by atoms with Crippen LogP contribution >= 0.6 is 22.4 Å². The van der Waals surface area contributed by atoms with Crippen LogP contribution in [-0.4, -0.2) is 99.2 Å². The summed E-state index contributed by atoms with van der Waals surface area (Å²) >= 11 is 2.05. The largest absolute Gasteiger partial charge is 0.449 e. The van der Waals surface area contributed by atoms with Gasteiger partial charge in [0.2, 0.25) is 17.7 Å². The number of urea groups is 1. The van der Waals surface area contributed by atoms with Gasteiger partial charge in [0.15, 0.2) is 0 Å². The van der Waals surface area contributed by atoms with E-state index < -0.39 is 59.4 Å². The highest BCUT2D eigenvalue weighted by Crippen LogP contribution is 2.53. The van der Waals surface area contributed by atoms with Gasteiger partial charge in [0.05, 0.1) is 35.3 Å². The van der Waals surface area contributed by atoms with Crippen LogP contribution in [0.1, 0.15) is 110 Å². The Kier molecular flexibility index (Phi) is 20.3. The standard InChI is InChI=1S/C44H71BIN11O9/c1-26(2)37(39(60)52-34(10-9-22-49-40(48)61)38(59)51-29-13-11-28(12-14-29)24-64-42(63)54-45(8)46)53-36(58)19-20-44(6,7)66-23-21-43(4,5)57-35-18-16-31-30(15-17-33(35)55-56-57)32(31)25-65-41(62)50-27(3)47/h11-14,26-27,30-32,34,37H,9-10,15-25,47H2,1-8H3,(H,50,62)(H,51,59)(H,52,60)(H,53,58)(H,54,63)(H3,48,49,61)/t27?,30?,31?,32?,34-,37?/m0/s1. The van der Waals surface area contributed by atoms with Crippen molar-refractivity contribution in [1.29, 1.82) is 0 Å². The molecule has 66 heavy (non-hydrogen) atoms. The van der Waals surface area contributed by atoms with Crippen LogP contribution in [0.5, 0.6) is 0 Å². The number of primary amides is 1. The number of nitrogens with two attached hydrogens (primary N) is 2. The lowest BCUT2D eigenvalue weighted by atomic mass is 9.97. The van der Waals surface area contributed by atoms with Gasteiger partial charge in [0.1, 0.15) is 18.7 Å². The zero-order chi connectivity index (χ0) is 48.8. The average Bonchev–Trinajstić information content (AvgIpc) is 3.70. The van der Waals surface area contributed by atoms with Crippen molar-refractivity contribution in [1.82, 2.24) is 41.5 Å². The number of hydrogen-bond acceptors (Lipinski definition) is 12. The molecule has 1 saturated carbocycles. The summed E-state index contributed by atoms with van der Waals surface area (Å²) < 4.78 is 19.0. The summed E-state index contributed by atoms with van der Waals surface area (Å²) in [7, 11) is 0. The molecule has 0 bridgehead atoms. The Balaban J connectivity index is 1.26. The molecule has 1 aromatic heterocycles. The Labute approximate surface area is 402 Å². The fourth-order valence-electron chi connectivity index (χ4n) is 8.16. The Morgan fingerprint density at radius 1 is 0.924 bits per heavy atom. The monoisotopic (exact) mass is 1040 g/mol. The number of carbonyl (C=O) groups excluding carboxylic acids is 6. The van der Waals surface area contributed by atoms with E-state index in [0.29, 0.717) is 61.5 Å². The van der Waals surface area contributed by atoms with Gasteiger partial charge in [-0.15, -0.1) is 27.5 Å². The minimum Gasteiger partial charge on any atom is -0.449 e. The second-order valence-electron chi connectivity index (χ2n) is 19.0. The maximum atomic E-state index is 13.7. The first-order valence-corrected chi connectivity index (χ1v) is 24.2. The Morgan fingerprint density at radius 3 is 2.24 bits per heavy atom. The van der Waals surface area contributed by atoms with Gasteiger partial charge < -0.3 is 57.5 Å². The molecule has 5 unspecified atom stereocenters. The molecule has 1 aromatic carbocycles. The number of amides is 7. The fourth-order valence-corrected chi connectivity index (χ4v) is 8.42. The van der Waals surface area contributed by atoms with Crippen molar-refractivity contribution in [3.05, 3.63) is 41.2 Å². The van der Waals surface area contributed by atoms with Crippen molar-refractivity contribution < 1.29 is 43.0 Å². The van der Waals surface area contributed by atoms with E-state index in [4.69, 9.17) is 25.7 Å². The van der Waals surface area contributed by atoms with Crippen LogP contribution < -0.4 is 43.3 Å². The van der Waals surface area contributed by atoms with Gasteiger partial charge in [-0.05, 0) is 127 Å². The smallest absolute Gasteiger partial charge is 0.408 e. The molecule has 20 nitrogen and oxygen atoms in total. The molecule has 10 N–H and O–H groups in total. The first-order valence-electron chi connectivity index (χ1n) is 22.9. The van der Waals surface area contributed by atoms with Crippen molar-refractivity contribution >= 4 is 68.7 Å². The van der Waals surface area contributed by atoms with Crippen molar-refractivity contribution in [2.75, 3.05) is 25.1 Å². The lowest BCUT2D eigenvalue weighted by Gasteiger charge is -2.31. The van der Waals surface area contributed by atoms with Gasteiger partial charge in [0.25, 0.3) is 0 Å². The van der Waals surface area contributed by atoms with E-state index in [2.05, 4.69) is 56.0 Å². The first-order chi connectivity index (χ1) is 31.0. The minimum atomic E-state index is -1.01. The summed E-state index contributed by atoms with van der Waals surface area (Å²) in [5.41, 5.74) is 13.1. The maximum Gasteiger partial charge on any atom is 0.408 e. The van der Waals surface area contributed by atoms with Crippen LogP contribution in [-0.2, 0) is 53.6 Å². The molecule has 0 aliphatic heterocycles. The van der Waals surface area contributed by atoms with Gasteiger partial charge in [-0.3, -0.25) is 14.4 Å². The summed E-state index contributed by atoms with van der Waals surface area (Å²) in [5, 5.41) is 25.4. The maximum absolute atomic E-state index is 13.7. The Hall–Kier alpha value is -4.71. The first kappa shape index (κ1) is 53.9. The number of halogens is 1. The van der Waals surface area contributed by atoms with Crippen molar-refractivity contribution in [3.63, 3.8) is 0 Å². The average molecular weight is 1040 g/mol. The number of carbonyl (C=O) groups is 6. The molecule has 1 heterocycles.